The van der Waals surface area contributed by atoms with Crippen molar-refractivity contribution in [2.24, 2.45) is 11.3 Å². The van der Waals surface area contributed by atoms with Crippen molar-refractivity contribution in [2.75, 3.05) is 6.61 Å². The van der Waals surface area contributed by atoms with Gasteiger partial charge < -0.3 is 14.8 Å². The number of Topliss-reactive ketones (excluding diaryl/α,β-unsaturated/α-hetero) is 1. The van der Waals surface area contributed by atoms with Gasteiger partial charge in [-0.15, -0.1) is 0 Å². The van der Waals surface area contributed by atoms with Crippen molar-refractivity contribution in [2.45, 2.75) is 72.5 Å². The van der Waals surface area contributed by atoms with E-state index >= 15 is 0 Å². The van der Waals surface area contributed by atoms with Crippen LogP contribution in [0.5, 0.6) is 0 Å². The molecule has 2 unspecified atom stereocenters. The van der Waals surface area contributed by atoms with Crippen LogP contribution in [-0.4, -0.2) is 28.8 Å². The van der Waals surface area contributed by atoms with Crippen molar-refractivity contribution in [1.29, 1.82) is 5.26 Å². The first-order chi connectivity index (χ1) is 14.6. The molecule has 31 heavy (non-hydrogen) atoms. The Balaban J connectivity index is 2.12. The zero-order valence-corrected chi connectivity index (χ0v) is 19.0. The summed E-state index contributed by atoms with van der Waals surface area (Å²) in [5.74, 6) is -0.668. The summed E-state index contributed by atoms with van der Waals surface area (Å²) in [4.78, 5) is 29.6. The number of ketones is 1. The summed E-state index contributed by atoms with van der Waals surface area (Å²) in [6.07, 6.45) is 5.83. The first-order valence-electron chi connectivity index (χ1n) is 11.0. The number of hydrogen-bond acceptors (Lipinski definition) is 5. The molecule has 3 rings (SSSR count). The predicted molar refractivity (Wildman–Crippen MR) is 119 cm³/mol. The third-order valence-corrected chi connectivity index (χ3v) is 6.27. The molecular formula is C25H32N2O4. The first kappa shape index (κ1) is 23.2. The van der Waals surface area contributed by atoms with E-state index in [1.807, 2.05) is 33.8 Å². The third-order valence-electron chi connectivity index (χ3n) is 6.27. The number of carbonyl (C=O) groups excluding carboxylic acids is 1. The van der Waals surface area contributed by atoms with Crippen molar-refractivity contribution in [3.63, 3.8) is 0 Å². The zero-order chi connectivity index (χ0) is 22.9. The smallest absolute Gasteiger partial charge is 0.252 e. The molecule has 6 heteroatoms. The van der Waals surface area contributed by atoms with Gasteiger partial charge in [0, 0.05) is 22.4 Å². The normalized spacial score (nSPS) is 20.6. The number of carbonyl (C=O) groups is 1. The van der Waals surface area contributed by atoms with Gasteiger partial charge in [-0.05, 0) is 63.4 Å². The maximum atomic E-state index is 13.8. The number of aromatic nitrogens is 1. The van der Waals surface area contributed by atoms with E-state index in [9.17, 15) is 20.0 Å². The van der Waals surface area contributed by atoms with Crippen LogP contribution in [0.25, 0.3) is 0 Å². The molecule has 0 saturated heterocycles. The van der Waals surface area contributed by atoms with Crippen LogP contribution in [-0.2, 0) is 11.2 Å². The first-order valence-corrected chi connectivity index (χ1v) is 11.0. The van der Waals surface area contributed by atoms with E-state index in [0.29, 0.717) is 41.8 Å². The van der Waals surface area contributed by atoms with Crippen molar-refractivity contribution in [3.8, 4) is 6.07 Å². The summed E-state index contributed by atoms with van der Waals surface area (Å²) in [6, 6.07) is 2.24. The number of pyridine rings is 1. The van der Waals surface area contributed by atoms with Gasteiger partial charge >= 0.3 is 0 Å². The minimum absolute atomic E-state index is 0.132. The Morgan fingerprint density at radius 3 is 2.58 bits per heavy atom. The molecule has 0 radical (unpaired) electrons. The Hall–Kier alpha value is -2.49. The van der Waals surface area contributed by atoms with Crippen LogP contribution < -0.4 is 5.56 Å². The number of rotatable bonds is 8. The third kappa shape index (κ3) is 5.06. The lowest BCUT2D eigenvalue weighted by Crippen LogP contribution is -2.27. The molecule has 1 aromatic rings. The highest BCUT2D eigenvalue weighted by molar-refractivity contribution is 6.12. The van der Waals surface area contributed by atoms with Crippen LogP contribution in [0.2, 0.25) is 0 Å². The molecule has 6 nitrogen and oxygen atoms in total. The molecule has 0 aromatic carbocycles. The van der Waals surface area contributed by atoms with Crippen LogP contribution in [0.3, 0.4) is 0 Å². The molecule has 1 fully saturated rings. The Morgan fingerprint density at radius 1 is 1.35 bits per heavy atom. The SMILES string of the molecule is CC1=CC(C(=O)c2c(CC3(COC(C)O)CC3)c(C)[nH]c(=O)c2C(C)C)=CC(C#N)C1. The zero-order valence-electron chi connectivity index (χ0n) is 19.0. The van der Waals surface area contributed by atoms with Crippen LogP contribution in [0, 0.1) is 29.6 Å². The molecule has 2 aliphatic carbocycles. The van der Waals surface area contributed by atoms with Gasteiger partial charge in [0.1, 0.15) is 0 Å². The van der Waals surface area contributed by atoms with Gasteiger partial charge in [0.05, 0.1) is 18.6 Å². The largest absolute Gasteiger partial charge is 0.368 e. The summed E-state index contributed by atoms with van der Waals surface area (Å²) in [7, 11) is 0. The van der Waals surface area contributed by atoms with Gasteiger partial charge in [-0.1, -0.05) is 31.6 Å². The molecule has 2 aliphatic rings. The summed E-state index contributed by atoms with van der Waals surface area (Å²) in [5, 5.41) is 18.9. The molecule has 0 amide bonds. The summed E-state index contributed by atoms with van der Waals surface area (Å²) >= 11 is 0. The fraction of sp³-hybridized carbons (Fsp3) is 0.560. The molecule has 1 heterocycles. The quantitative estimate of drug-likeness (QED) is 0.483. The Labute approximate surface area is 183 Å². The van der Waals surface area contributed by atoms with Gasteiger partial charge in [-0.2, -0.15) is 5.26 Å². The highest BCUT2D eigenvalue weighted by Gasteiger charge is 2.44. The molecule has 0 aliphatic heterocycles. The average Bonchev–Trinajstić information content (AvgIpc) is 3.46. The van der Waals surface area contributed by atoms with Gasteiger partial charge in [0.2, 0.25) is 0 Å². The number of nitriles is 1. The minimum Gasteiger partial charge on any atom is -0.368 e. The van der Waals surface area contributed by atoms with E-state index in [1.165, 1.54) is 0 Å². The molecule has 2 N–H and O–H groups in total. The van der Waals surface area contributed by atoms with E-state index in [4.69, 9.17) is 4.74 Å². The lowest BCUT2D eigenvalue weighted by Gasteiger charge is -2.23. The predicted octanol–water partition coefficient (Wildman–Crippen LogP) is 4.08. The van der Waals surface area contributed by atoms with Crippen molar-refractivity contribution in [3.05, 3.63) is 56.0 Å². The number of H-pyrrole nitrogens is 1. The number of aromatic amines is 1. The lowest BCUT2D eigenvalue weighted by atomic mass is 9.82. The molecule has 1 aromatic heterocycles. The van der Waals surface area contributed by atoms with Gasteiger partial charge in [-0.3, -0.25) is 9.59 Å². The van der Waals surface area contributed by atoms with E-state index in [-0.39, 0.29) is 28.6 Å². The number of allylic oxidation sites excluding steroid dienone is 4. The van der Waals surface area contributed by atoms with Gasteiger partial charge in [-0.25, -0.2) is 0 Å². The minimum atomic E-state index is -0.843. The number of nitrogens with one attached hydrogen (secondary N) is 1. The molecule has 0 bridgehead atoms. The maximum absolute atomic E-state index is 13.8. The number of hydrogen-bond donors (Lipinski definition) is 2. The second-order valence-corrected chi connectivity index (χ2v) is 9.47. The van der Waals surface area contributed by atoms with Crippen LogP contribution in [0.15, 0.2) is 28.1 Å². The second-order valence-electron chi connectivity index (χ2n) is 9.47. The highest BCUT2D eigenvalue weighted by Crippen LogP contribution is 2.49. The molecular weight excluding hydrogens is 392 g/mol. The average molecular weight is 425 g/mol. The maximum Gasteiger partial charge on any atom is 0.252 e. The van der Waals surface area contributed by atoms with E-state index in [2.05, 4.69) is 11.1 Å². The molecule has 166 valence electrons. The fourth-order valence-corrected chi connectivity index (χ4v) is 4.39. The number of aliphatic hydroxyl groups excluding tert-OH is 1. The van der Waals surface area contributed by atoms with Gasteiger partial charge in [0.15, 0.2) is 12.1 Å². The van der Waals surface area contributed by atoms with Gasteiger partial charge in [0.25, 0.3) is 5.56 Å². The summed E-state index contributed by atoms with van der Waals surface area (Å²) < 4.78 is 5.48. The van der Waals surface area contributed by atoms with Crippen molar-refractivity contribution < 1.29 is 14.6 Å². The molecule has 1 saturated carbocycles. The number of aliphatic hydroxyl groups is 1. The van der Waals surface area contributed by atoms with Crippen LogP contribution in [0.4, 0.5) is 0 Å². The molecule has 2 atom stereocenters. The number of aryl methyl sites for hydroxylation is 1. The number of ether oxygens (including phenoxy) is 1. The fourth-order valence-electron chi connectivity index (χ4n) is 4.39. The van der Waals surface area contributed by atoms with E-state index in [1.54, 1.807) is 13.0 Å². The van der Waals surface area contributed by atoms with E-state index < -0.39 is 6.29 Å². The number of nitrogens with zero attached hydrogens (tertiary/aromatic N) is 1. The molecule has 0 spiro atoms. The highest BCUT2D eigenvalue weighted by atomic mass is 16.6. The van der Waals surface area contributed by atoms with Crippen molar-refractivity contribution >= 4 is 5.78 Å². The summed E-state index contributed by atoms with van der Waals surface area (Å²) in [6.45, 7) is 9.58. The van der Waals surface area contributed by atoms with E-state index in [0.717, 1.165) is 24.0 Å². The van der Waals surface area contributed by atoms with Crippen LogP contribution in [0.1, 0.15) is 80.1 Å². The standard InChI is InChI=1S/C25H32N2O4/c1-14(2)21-22(23(29)19-9-15(3)8-18(10-19)12-26)20(16(4)27-24(21)30)11-25(6-7-25)13-31-17(5)28/h9-10,14,17-18,28H,6-8,11,13H2,1-5H3,(H,27,30). The summed E-state index contributed by atoms with van der Waals surface area (Å²) in [5.41, 5.74) is 3.58. The Morgan fingerprint density at radius 2 is 2.03 bits per heavy atom. The lowest BCUT2D eigenvalue weighted by molar-refractivity contribution is -0.0997. The monoisotopic (exact) mass is 424 g/mol. The topological polar surface area (TPSA) is 103 Å². The second kappa shape index (κ2) is 8.94. The van der Waals surface area contributed by atoms with Crippen molar-refractivity contribution in [1.82, 2.24) is 4.98 Å². The van der Waals surface area contributed by atoms with Crippen LogP contribution >= 0.6 is 0 Å². The Bertz CT molecular complexity index is 1030. The Kier molecular flexibility index (Phi) is 6.68.